The van der Waals surface area contributed by atoms with Crippen molar-refractivity contribution in [1.29, 1.82) is 0 Å². The Bertz CT molecular complexity index is 270. The predicted octanol–water partition coefficient (Wildman–Crippen LogP) is -0.408. The predicted molar refractivity (Wildman–Crippen MR) is 61.7 cm³/mol. The number of unbranched alkanes of at least 4 members (excludes halogenated alkanes) is 1. The van der Waals surface area contributed by atoms with Crippen LogP contribution >= 0.6 is 0 Å². The molecule has 0 spiro atoms. The molecule has 1 aliphatic heterocycles. The van der Waals surface area contributed by atoms with Gasteiger partial charge in [0.1, 0.15) is 0 Å². The molecule has 1 amide bonds. The summed E-state index contributed by atoms with van der Waals surface area (Å²) in [7, 11) is 1.81. The van der Waals surface area contributed by atoms with E-state index >= 15 is 0 Å². The highest BCUT2D eigenvalue weighted by atomic mass is 16.5. The highest BCUT2D eigenvalue weighted by molar-refractivity contribution is 5.79. The molecular weight excluding hydrogens is 224 g/mol. The summed E-state index contributed by atoms with van der Waals surface area (Å²) in [6.45, 7) is 1.54. The van der Waals surface area contributed by atoms with E-state index in [4.69, 9.17) is 9.84 Å². The Kier molecular flexibility index (Phi) is 5.93. The van der Waals surface area contributed by atoms with Gasteiger partial charge in [0, 0.05) is 19.0 Å². The minimum Gasteiger partial charge on any atom is -0.481 e. The van der Waals surface area contributed by atoms with E-state index in [9.17, 15) is 9.59 Å². The maximum absolute atomic E-state index is 11.8. The first-order valence-electron chi connectivity index (χ1n) is 5.89. The SMILES string of the molecule is CNC1COCC1C(=O)NCCCCC(=O)O. The monoisotopic (exact) mass is 244 g/mol. The second kappa shape index (κ2) is 7.24. The van der Waals surface area contributed by atoms with E-state index in [0.29, 0.717) is 32.6 Å². The average molecular weight is 244 g/mol. The van der Waals surface area contributed by atoms with Crippen LogP contribution in [0.2, 0.25) is 0 Å². The maximum Gasteiger partial charge on any atom is 0.303 e. The molecular formula is C11H20N2O4. The Labute approximate surface area is 101 Å². The Morgan fingerprint density at radius 3 is 2.76 bits per heavy atom. The summed E-state index contributed by atoms with van der Waals surface area (Å²) in [5.41, 5.74) is 0. The lowest BCUT2D eigenvalue weighted by Crippen LogP contribution is -2.42. The summed E-state index contributed by atoms with van der Waals surface area (Å²) >= 11 is 0. The third-order valence-electron chi connectivity index (χ3n) is 2.90. The average Bonchev–Trinajstić information content (AvgIpc) is 2.75. The van der Waals surface area contributed by atoms with E-state index in [2.05, 4.69) is 10.6 Å². The number of carbonyl (C=O) groups is 2. The van der Waals surface area contributed by atoms with Gasteiger partial charge in [0.05, 0.1) is 19.1 Å². The molecule has 1 saturated heterocycles. The number of aliphatic carboxylic acids is 1. The smallest absolute Gasteiger partial charge is 0.303 e. The highest BCUT2D eigenvalue weighted by Crippen LogP contribution is 2.13. The van der Waals surface area contributed by atoms with Crippen LogP contribution in [-0.4, -0.2) is 49.8 Å². The first-order valence-corrected chi connectivity index (χ1v) is 5.89. The van der Waals surface area contributed by atoms with E-state index in [1.807, 2.05) is 7.05 Å². The summed E-state index contributed by atoms with van der Waals surface area (Å²) in [5, 5.41) is 14.3. The van der Waals surface area contributed by atoms with E-state index in [1.54, 1.807) is 0 Å². The number of carboxylic acid groups (broad SMARTS) is 1. The normalized spacial score (nSPS) is 23.6. The van der Waals surface area contributed by atoms with Crippen molar-refractivity contribution >= 4 is 11.9 Å². The lowest BCUT2D eigenvalue weighted by molar-refractivity contribution is -0.137. The summed E-state index contributed by atoms with van der Waals surface area (Å²) < 4.78 is 5.24. The van der Waals surface area contributed by atoms with Gasteiger partial charge in [-0.1, -0.05) is 0 Å². The third-order valence-corrected chi connectivity index (χ3v) is 2.90. The van der Waals surface area contributed by atoms with Crippen LogP contribution in [0.15, 0.2) is 0 Å². The Hall–Kier alpha value is -1.14. The molecule has 0 aromatic rings. The van der Waals surface area contributed by atoms with Crippen molar-refractivity contribution in [3.05, 3.63) is 0 Å². The van der Waals surface area contributed by atoms with Crippen LogP contribution in [0.1, 0.15) is 19.3 Å². The van der Waals surface area contributed by atoms with Gasteiger partial charge in [0.2, 0.25) is 5.91 Å². The molecule has 3 N–H and O–H groups in total. The third kappa shape index (κ3) is 4.70. The zero-order valence-corrected chi connectivity index (χ0v) is 10.1. The van der Waals surface area contributed by atoms with Crippen molar-refractivity contribution in [3.63, 3.8) is 0 Å². The lowest BCUT2D eigenvalue weighted by Gasteiger charge is -2.16. The van der Waals surface area contributed by atoms with E-state index in [-0.39, 0.29) is 24.3 Å². The molecule has 0 aromatic carbocycles. The van der Waals surface area contributed by atoms with Crippen molar-refractivity contribution < 1.29 is 19.4 Å². The molecule has 2 atom stereocenters. The maximum atomic E-state index is 11.8. The number of likely N-dealkylation sites (N-methyl/N-ethyl adjacent to an activating group) is 1. The number of hydrogen-bond donors (Lipinski definition) is 3. The van der Waals surface area contributed by atoms with Crippen molar-refractivity contribution in [3.8, 4) is 0 Å². The second-order valence-corrected chi connectivity index (χ2v) is 4.18. The largest absolute Gasteiger partial charge is 0.481 e. The molecule has 0 bridgehead atoms. The topological polar surface area (TPSA) is 87.7 Å². The van der Waals surface area contributed by atoms with Gasteiger partial charge < -0.3 is 20.5 Å². The zero-order valence-electron chi connectivity index (χ0n) is 10.1. The second-order valence-electron chi connectivity index (χ2n) is 4.18. The fraction of sp³-hybridized carbons (Fsp3) is 0.818. The van der Waals surface area contributed by atoms with Crippen LogP contribution < -0.4 is 10.6 Å². The van der Waals surface area contributed by atoms with E-state index in [0.717, 1.165) is 0 Å². The van der Waals surface area contributed by atoms with E-state index < -0.39 is 5.97 Å². The van der Waals surface area contributed by atoms with Gasteiger partial charge in [-0.3, -0.25) is 9.59 Å². The summed E-state index contributed by atoms with van der Waals surface area (Å²) in [5.74, 6) is -0.951. The molecule has 0 aliphatic carbocycles. The molecule has 2 unspecified atom stereocenters. The summed E-state index contributed by atoms with van der Waals surface area (Å²) in [6, 6.07) is 0.0778. The number of ether oxygens (including phenoxy) is 1. The first-order chi connectivity index (χ1) is 8.15. The molecule has 6 nitrogen and oxygen atoms in total. The van der Waals surface area contributed by atoms with Gasteiger partial charge in [-0.25, -0.2) is 0 Å². The zero-order chi connectivity index (χ0) is 12.7. The van der Waals surface area contributed by atoms with Gasteiger partial charge in [-0.05, 0) is 19.9 Å². The standard InChI is InChI=1S/C11H20N2O4/c1-12-9-7-17-6-8(9)11(16)13-5-3-2-4-10(14)15/h8-9,12H,2-7H2,1H3,(H,13,16)(H,14,15). The number of hydrogen-bond acceptors (Lipinski definition) is 4. The lowest BCUT2D eigenvalue weighted by atomic mass is 10.0. The molecule has 1 rings (SSSR count). The van der Waals surface area contributed by atoms with Crippen LogP contribution in [0.4, 0.5) is 0 Å². The van der Waals surface area contributed by atoms with Crippen molar-refractivity contribution in [2.45, 2.75) is 25.3 Å². The summed E-state index contributed by atoms with van der Waals surface area (Å²) in [4.78, 5) is 22.0. The summed E-state index contributed by atoms with van der Waals surface area (Å²) in [6.07, 6.45) is 1.43. The van der Waals surface area contributed by atoms with Crippen LogP contribution in [0, 0.1) is 5.92 Å². The fourth-order valence-corrected chi connectivity index (χ4v) is 1.84. The Morgan fingerprint density at radius 2 is 2.12 bits per heavy atom. The quantitative estimate of drug-likeness (QED) is 0.530. The first kappa shape index (κ1) is 13.9. The number of carbonyl (C=O) groups excluding carboxylic acids is 1. The van der Waals surface area contributed by atoms with Gasteiger partial charge in [-0.2, -0.15) is 0 Å². The Morgan fingerprint density at radius 1 is 1.35 bits per heavy atom. The van der Waals surface area contributed by atoms with Gasteiger partial charge in [0.25, 0.3) is 0 Å². The minimum atomic E-state index is -0.796. The van der Waals surface area contributed by atoms with E-state index in [1.165, 1.54) is 0 Å². The molecule has 0 saturated carbocycles. The molecule has 1 aliphatic rings. The molecule has 6 heteroatoms. The fourth-order valence-electron chi connectivity index (χ4n) is 1.84. The molecule has 1 fully saturated rings. The molecule has 17 heavy (non-hydrogen) atoms. The number of nitrogens with one attached hydrogen (secondary N) is 2. The number of rotatable bonds is 7. The van der Waals surface area contributed by atoms with Crippen LogP contribution in [-0.2, 0) is 14.3 Å². The van der Waals surface area contributed by atoms with Crippen LogP contribution in [0.25, 0.3) is 0 Å². The van der Waals surface area contributed by atoms with Crippen molar-refractivity contribution in [2.24, 2.45) is 5.92 Å². The number of amides is 1. The van der Waals surface area contributed by atoms with Gasteiger partial charge in [0.15, 0.2) is 0 Å². The number of carboxylic acids is 1. The minimum absolute atomic E-state index is 0.0165. The van der Waals surface area contributed by atoms with Crippen molar-refractivity contribution in [1.82, 2.24) is 10.6 Å². The van der Waals surface area contributed by atoms with Gasteiger partial charge >= 0.3 is 5.97 Å². The van der Waals surface area contributed by atoms with Crippen LogP contribution in [0.5, 0.6) is 0 Å². The van der Waals surface area contributed by atoms with Crippen LogP contribution in [0.3, 0.4) is 0 Å². The molecule has 98 valence electrons. The molecule has 0 radical (unpaired) electrons. The van der Waals surface area contributed by atoms with Crippen molar-refractivity contribution in [2.75, 3.05) is 26.8 Å². The highest BCUT2D eigenvalue weighted by Gasteiger charge is 2.32. The Balaban J connectivity index is 2.14. The molecule has 1 heterocycles. The molecule has 0 aromatic heterocycles. The van der Waals surface area contributed by atoms with Gasteiger partial charge in [-0.15, -0.1) is 0 Å².